The number of carbonyl (C=O) groups is 1. The molecule has 11 nitrogen and oxygen atoms in total. The van der Waals surface area contributed by atoms with Crippen LogP contribution in [-0.4, -0.2) is 43.4 Å². The van der Waals surface area contributed by atoms with Crippen LogP contribution >= 0.6 is 0 Å². The Kier molecular flexibility index (Phi) is 3.86. The van der Waals surface area contributed by atoms with E-state index in [1.54, 1.807) is 24.4 Å². The van der Waals surface area contributed by atoms with Crippen molar-refractivity contribution < 1.29 is 18.7 Å². The van der Waals surface area contributed by atoms with Crippen LogP contribution in [-0.2, 0) is 4.74 Å². The number of aromatic nitrogens is 6. The molecule has 3 aromatic heterocycles. The molecule has 1 aromatic carbocycles. The van der Waals surface area contributed by atoms with E-state index in [4.69, 9.17) is 13.9 Å². The SMILES string of the molecule is COC(=O)c1cc(Nc2nnco2)nc(Oc2ccc3[nH]ncc3c2)n1. The van der Waals surface area contributed by atoms with Gasteiger partial charge in [-0.2, -0.15) is 15.1 Å². The van der Waals surface area contributed by atoms with Crippen LogP contribution in [0, 0.1) is 0 Å². The maximum absolute atomic E-state index is 11.9. The van der Waals surface area contributed by atoms with Crippen molar-refractivity contribution in [1.29, 1.82) is 0 Å². The summed E-state index contributed by atoms with van der Waals surface area (Å²) in [5.74, 6) is 0.0600. The first kappa shape index (κ1) is 15.5. The van der Waals surface area contributed by atoms with E-state index < -0.39 is 5.97 Å². The van der Waals surface area contributed by atoms with E-state index >= 15 is 0 Å². The zero-order valence-corrected chi connectivity index (χ0v) is 13.3. The zero-order chi connectivity index (χ0) is 17.9. The summed E-state index contributed by atoms with van der Waals surface area (Å²) in [4.78, 5) is 20.1. The van der Waals surface area contributed by atoms with Gasteiger partial charge in [0.05, 0.1) is 18.8 Å². The van der Waals surface area contributed by atoms with Crippen molar-refractivity contribution in [3.8, 4) is 11.8 Å². The van der Waals surface area contributed by atoms with Crippen LogP contribution in [0.3, 0.4) is 0 Å². The minimum absolute atomic E-state index is 0.00362. The minimum Gasteiger partial charge on any atom is -0.464 e. The van der Waals surface area contributed by atoms with Gasteiger partial charge in [-0.05, 0) is 18.2 Å². The van der Waals surface area contributed by atoms with Crippen molar-refractivity contribution in [2.45, 2.75) is 0 Å². The monoisotopic (exact) mass is 353 g/mol. The van der Waals surface area contributed by atoms with Gasteiger partial charge in [-0.15, -0.1) is 5.10 Å². The van der Waals surface area contributed by atoms with Crippen LogP contribution < -0.4 is 10.1 Å². The molecule has 0 aliphatic heterocycles. The third kappa shape index (κ3) is 3.13. The van der Waals surface area contributed by atoms with Gasteiger partial charge in [-0.1, -0.05) is 5.10 Å². The highest BCUT2D eigenvalue weighted by molar-refractivity contribution is 5.88. The third-order valence-corrected chi connectivity index (χ3v) is 3.32. The van der Waals surface area contributed by atoms with Crippen molar-refractivity contribution in [3.05, 3.63) is 42.5 Å². The summed E-state index contributed by atoms with van der Waals surface area (Å²) in [5, 5.41) is 17.7. The average molecular weight is 353 g/mol. The first-order valence-electron chi connectivity index (χ1n) is 7.33. The lowest BCUT2D eigenvalue weighted by molar-refractivity contribution is 0.0593. The number of ether oxygens (including phenoxy) is 2. The molecule has 11 heteroatoms. The molecule has 0 fully saturated rings. The van der Waals surface area contributed by atoms with Crippen molar-refractivity contribution in [2.24, 2.45) is 0 Å². The first-order valence-corrected chi connectivity index (χ1v) is 7.33. The van der Waals surface area contributed by atoms with Gasteiger partial charge in [0, 0.05) is 11.5 Å². The largest absolute Gasteiger partial charge is 0.464 e. The zero-order valence-electron chi connectivity index (χ0n) is 13.3. The van der Waals surface area contributed by atoms with Gasteiger partial charge in [0.25, 0.3) is 0 Å². The highest BCUT2D eigenvalue weighted by Crippen LogP contribution is 2.24. The Hall–Kier alpha value is -4.02. The van der Waals surface area contributed by atoms with Gasteiger partial charge in [0.15, 0.2) is 5.69 Å². The fourth-order valence-corrected chi connectivity index (χ4v) is 2.17. The second-order valence-electron chi connectivity index (χ2n) is 5.00. The van der Waals surface area contributed by atoms with Gasteiger partial charge in [-0.25, -0.2) is 4.79 Å². The van der Waals surface area contributed by atoms with Gasteiger partial charge in [0.2, 0.25) is 6.39 Å². The molecular weight excluding hydrogens is 342 g/mol. The Labute approximate surface area is 145 Å². The van der Waals surface area contributed by atoms with E-state index in [-0.39, 0.29) is 23.5 Å². The molecule has 0 amide bonds. The third-order valence-electron chi connectivity index (χ3n) is 3.32. The topological polar surface area (TPSA) is 141 Å². The van der Waals surface area contributed by atoms with Gasteiger partial charge < -0.3 is 13.9 Å². The number of nitrogens with one attached hydrogen (secondary N) is 2. The molecule has 4 rings (SSSR count). The number of nitrogens with zero attached hydrogens (tertiary/aromatic N) is 5. The standard InChI is InChI=1S/C15H11N7O4/c1-24-13(23)11-5-12(20-15-22-17-7-25-15)19-14(18-11)26-9-2-3-10-8(4-9)6-16-21-10/h2-7H,1H3,(H,16,21)(H,18,19,20,22). The van der Waals surface area contributed by atoms with Gasteiger partial charge in [0.1, 0.15) is 11.6 Å². The Morgan fingerprint density at radius 1 is 1.27 bits per heavy atom. The maximum Gasteiger partial charge on any atom is 0.356 e. The lowest BCUT2D eigenvalue weighted by Crippen LogP contribution is -2.08. The van der Waals surface area contributed by atoms with Crippen molar-refractivity contribution in [2.75, 3.05) is 12.4 Å². The second kappa shape index (κ2) is 6.47. The van der Waals surface area contributed by atoms with E-state index in [2.05, 4.69) is 35.7 Å². The number of hydrogen-bond acceptors (Lipinski definition) is 10. The Morgan fingerprint density at radius 3 is 3.00 bits per heavy atom. The summed E-state index contributed by atoms with van der Waals surface area (Å²) in [6.07, 6.45) is 2.82. The summed E-state index contributed by atoms with van der Waals surface area (Å²) >= 11 is 0. The summed E-state index contributed by atoms with van der Waals surface area (Å²) in [5.41, 5.74) is 0.865. The van der Waals surface area contributed by atoms with Gasteiger partial charge >= 0.3 is 18.0 Å². The van der Waals surface area contributed by atoms with Gasteiger partial charge in [-0.3, -0.25) is 10.4 Å². The van der Waals surface area contributed by atoms with E-state index in [1.165, 1.54) is 13.2 Å². The molecule has 26 heavy (non-hydrogen) atoms. The molecular formula is C15H11N7O4. The van der Waals surface area contributed by atoms with Crippen LogP contribution in [0.25, 0.3) is 10.9 Å². The number of rotatable bonds is 5. The molecule has 0 bridgehead atoms. The van der Waals surface area contributed by atoms with E-state index in [0.717, 1.165) is 17.3 Å². The van der Waals surface area contributed by atoms with E-state index in [1.807, 2.05) is 0 Å². The highest BCUT2D eigenvalue weighted by Gasteiger charge is 2.15. The summed E-state index contributed by atoms with van der Waals surface area (Å²) in [7, 11) is 1.25. The van der Waals surface area contributed by atoms with Crippen LogP contribution in [0.1, 0.15) is 10.5 Å². The second-order valence-corrected chi connectivity index (χ2v) is 5.00. The molecule has 3 heterocycles. The number of methoxy groups -OCH3 is 1. The predicted octanol–water partition coefficient (Wildman–Crippen LogP) is 2.06. The Morgan fingerprint density at radius 2 is 2.19 bits per heavy atom. The smallest absolute Gasteiger partial charge is 0.356 e. The summed E-state index contributed by atoms with van der Waals surface area (Å²) < 4.78 is 15.4. The number of aromatic amines is 1. The Bertz CT molecular complexity index is 1060. The molecule has 0 saturated carbocycles. The number of hydrogen-bond donors (Lipinski definition) is 2. The first-order chi connectivity index (χ1) is 12.7. The lowest BCUT2D eigenvalue weighted by atomic mass is 10.2. The average Bonchev–Trinajstić information content (AvgIpc) is 3.32. The van der Waals surface area contributed by atoms with Crippen molar-refractivity contribution in [3.63, 3.8) is 0 Å². The number of fused-ring (bicyclic) bond motifs is 1. The van der Waals surface area contributed by atoms with Crippen LogP contribution in [0.5, 0.6) is 11.8 Å². The molecule has 0 radical (unpaired) electrons. The highest BCUT2D eigenvalue weighted by atomic mass is 16.5. The molecule has 4 aromatic rings. The molecule has 0 aliphatic rings. The molecule has 0 aliphatic carbocycles. The van der Waals surface area contributed by atoms with Crippen LogP contribution in [0.2, 0.25) is 0 Å². The van der Waals surface area contributed by atoms with Crippen molar-refractivity contribution >= 4 is 28.7 Å². The maximum atomic E-state index is 11.9. The van der Waals surface area contributed by atoms with E-state index in [9.17, 15) is 4.79 Å². The van der Waals surface area contributed by atoms with Crippen LogP contribution in [0.15, 0.2) is 41.3 Å². The molecule has 0 unspecified atom stereocenters. The number of benzene rings is 1. The predicted molar refractivity (Wildman–Crippen MR) is 87.1 cm³/mol. The molecule has 0 spiro atoms. The fourth-order valence-electron chi connectivity index (χ4n) is 2.17. The fraction of sp³-hybridized carbons (Fsp3) is 0.0667. The normalized spacial score (nSPS) is 10.7. The molecule has 2 N–H and O–H groups in total. The van der Waals surface area contributed by atoms with E-state index in [0.29, 0.717) is 5.75 Å². The number of carbonyl (C=O) groups excluding carboxylic acids is 1. The molecule has 0 saturated heterocycles. The number of esters is 1. The lowest BCUT2D eigenvalue weighted by Gasteiger charge is -2.08. The number of H-pyrrole nitrogens is 1. The van der Waals surface area contributed by atoms with Crippen LogP contribution in [0.4, 0.5) is 11.8 Å². The molecule has 0 atom stereocenters. The summed E-state index contributed by atoms with van der Waals surface area (Å²) in [6.45, 7) is 0. The summed E-state index contributed by atoms with van der Waals surface area (Å²) in [6, 6.07) is 6.71. The minimum atomic E-state index is -0.642. The number of anilines is 2. The van der Waals surface area contributed by atoms with Crippen molar-refractivity contribution in [1.82, 2.24) is 30.4 Å². The molecule has 130 valence electrons. The Balaban J connectivity index is 1.67. The quantitative estimate of drug-likeness (QED) is 0.512.